The summed E-state index contributed by atoms with van der Waals surface area (Å²) in [5, 5.41) is 0. The average molecular weight is 357 g/mol. The molecule has 0 saturated carbocycles. The lowest BCUT2D eigenvalue weighted by atomic mass is 10.2. The maximum absolute atomic E-state index is 12.5. The van der Waals surface area contributed by atoms with Crippen LogP contribution in [-0.2, 0) is 21.3 Å². The van der Waals surface area contributed by atoms with Crippen molar-refractivity contribution in [1.29, 1.82) is 0 Å². The third-order valence-corrected chi connectivity index (χ3v) is 5.68. The molecule has 2 aliphatic heterocycles. The number of amides is 1. The summed E-state index contributed by atoms with van der Waals surface area (Å²) in [6, 6.07) is 1.78. The van der Waals surface area contributed by atoms with Gasteiger partial charge in [-0.15, -0.1) is 0 Å². The van der Waals surface area contributed by atoms with Crippen LogP contribution in [-0.4, -0.2) is 87.2 Å². The lowest BCUT2D eigenvalue weighted by Crippen LogP contribution is -2.50. The van der Waals surface area contributed by atoms with Gasteiger partial charge in [0.15, 0.2) is 0 Å². The highest BCUT2D eigenvalue weighted by Crippen LogP contribution is 2.15. The standard InChI is InChI=1S/C15H23N3O5S/c1-24(20,21)18-4-2-17(3-5-18)15(19)13-10-14(23-12-13)11-16-6-8-22-9-7-16/h10,12H,2-9,11H2,1H3. The van der Waals surface area contributed by atoms with Gasteiger partial charge < -0.3 is 14.1 Å². The predicted molar refractivity (Wildman–Crippen MR) is 87.1 cm³/mol. The van der Waals surface area contributed by atoms with E-state index in [9.17, 15) is 13.2 Å². The zero-order chi connectivity index (χ0) is 17.2. The molecule has 0 bridgehead atoms. The summed E-state index contributed by atoms with van der Waals surface area (Å²) in [7, 11) is -3.19. The van der Waals surface area contributed by atoms with Gasteiger partial charge in [0.1, 0.15) is 12.0 Å². The summed E-state index contributed by atoms with van der Waals surface area (Å²) in [5.41, 5.74) is 0.520. The maximum Gasteiger partial charge on any atom is 0.257 e. The molecule has 9 heteroatoms. The SMILES string of the molecule is CS(=O)(=O)N1CCN(C(=O)c2coc(CN3CCOCC3)c2)CC1. The predicted octanol–water partition coefficient (Wildman–Crippen LogP) is -0.171. The Bertz CT molecular complexity index is 673. The van der Waals surface area contributed by atoms with Gasteiger partial charge in [-0.1, -0.05) is 0 Å². The second-order valence-corrected chi connectivity index (χ2v) is 8.13. The second-order valence-electron chi connectivity index (χ2n) is 6.14. The fourth-order valence-corrected chi connectivity index (χ4v) is 3.79. The van der Waals surface area contributed by atoms with E-state index in [1.54, 1.807) is 11.0 Å². The molecule has 8 nitrogen and oxygen atoms in total. The first-order chi connectivity index (χ1) is 11.4. The van der Waals surface area contributed by atoms with E-state index in [1.165, 1.54) is 16.8 Å². The van der Waals surface area contributed by atoms with Crippen molar-refractivity contribution in [3.05, 3.63) is 23.7 Å². The van der Waals surface area contributed by atoms with Gasteiger partial charge in [-0.25, -0.2) is 8.42 Å². The first kappa shape index (κ1) is 17.4. The zero-order valence-corrected chi connectivity index (χ0v) is 14.6. The molecular weight excluding hydrogens is 334 g/mol. The number of morpholine rings is 1. The number of hydrogen-bond donors (Lipinski definition) is 0. The fraction of sp³-hybridized carbons (Fsp3) is 0.667. The normalized spacial score (nSPS) is 21.1. The minimum Gasteiger partial charge on any atom is -0.467 e. The van der Waals surface area contributed by atoms with E-state index in [2.05, 4.69) is 4.90 Å². The molecule has 3 rings (SSSR count). The molecule has 134 valence electrons. The second kappa shape index (κ2) is 7.22. The highest BCUT2D eigenvalue weighted by Gasteiger charge is 2.27. The van der Waals surface area contributed by atoms with Crippen LogP contribution in [0.15, 0.2) is 16.7 Å². The Hall–Kier alpha value is -1.42. The van der Waals surface area contributed by atoms with Gasteiger partial charge in [0, 0.05) is 39.3 Å². The van der Waals surface area contributed by atoms with Crippen molar-refractivity contribution in [2.24, 2.45) is 0 Å². The molecule has 2 aliphatic rings. The number of sulfonamides is 1. The Labute approximate surface area is 142 Å². The van der Waals surface area contributed by atoms with Crippen LogP contribution in [0, 0.1) is 0 Å². The molecule has 0 N–H and O–H groups in total. The largest absolute Gasteiger partial charge is 0.467 e. The number of carbonyl (C=O) groups excluding carboxylic acids is 1. The van der Waals surface area contributed by atoms with Gasteiger partial charge in [-0.3, -0.25) is 9.69 Å². The van der Waals surface area contributed by atoms with Gasteiger partial charge in [-0.05, 0) is 6.07 Å². The summed E-state index contributed by atoms with van der Waals surface area (Å²) in [6.07, 6.45) is 2.68. The fourth-order valence-electron chi connectivity index (χ4n) is 2.96. The molecular formula is C15H23N3O5S. The molecule has 0 aromatic carbocycles. The Morgan fingerprint density at radius 1 is 1.12 bits per heavy atom. The molecule has 0 aliphatic carbocycles. The third kappa shape index (κ3) is 4.15. The number of furan rings is 1. The van der Waals surface area contributed by atoms with Gasteiger partial charge in [-0.2, -0.15) is 4.31 Å². The quantitative estimate of drug-likeness (QED) is 0.744. The lowest BCUT2D eigenvalue weighted by Gasteiger charge is -2.33. The van der Waals surface area contributed by atoms with E-state index in [1.807, 2.05) is 0 Å². The number of rotatable bonds is 4. The molecule has 1 amide bonds. The Morgan fingerprint density at radius 2 is 1.79 bits per heavy atom. The summed E-state index contributed by atoms with van der Waals surface area (Å²) in [5.74, 6) is 0.648. The Morgan fingerprint density at radius 3 is 2.42 bits per heavy atom. The summed E-state index contributed by atoms with van der Waals surface area (Å²) >= 11 is 0. The molecule has 0 radical (unpaired) electrons. The lowest BCUT2D eigenvalue weighted by molar-refractivity contribution is 0.0313. The van der Waals surface area contributed by atoms with Gasteiger partial charge >= 0.3 is 0 Å². The van der Waals surface area contributed by atoms with Crippen molar-refractivity contribution in [2.75, 3.05) is 58.7 Å². The van der Waals surface area contributed by atoms with E-state index in [-0.39, 0.29) is 5.91 Å². The summed E-state index contributed by atoms with van der Waals surface area (Å²) in [6.45, 7) is 5.29. The van der Waals surface area contributed by atoms with E-state index in [4.69, 9.17) is 9.15 Å². The highest BCUT2D eigenvalue weighted by molar-refractivity contribution is 7.88. The topological polar surface area (TPSA) is 83.3 Å². The van der Waals surface area contributed by atoms with Crippen molar-refractivity contribution >= 4 is 15.9 Å². The van der Waals surface area contributed by atoms with Crippen molar-refractivity contribution < 1.29 is 22.4 Å². The minimum absolute atomic E-state index is 0.111. The van der Waals surface area contributed by atoms with Crippen LogP contribution >= 0.6 is 0 Å². The van der Waals surface area contributed by atoms with E-state index < -0.39 is 10.0 Å². The first-order valence-electron chi connectivity index (χ1n) is 8.05. The van der Waals surface area contributed by atoms with E-state index in [0.717, 1.165) is 32.1 Å². The molecule has 0 spiro atoms. The minimum atomic E-state index is -3.19. The molecule has 1 aromatic heterocycles. The molecule has 2 fully saturated rings. The average Bonchev–Trinajstić information content (AvgIpc) is 3.03. The molecule has 0 atom stereocenters. The van der Waals surface area contributed by atoms with Crippen LogP contribution in [0.3, 0.4) is 0 Å². The number of hydrogen-bond acceptors (Lipinski definition) is 6. The van der Waals surface area contributed by atoms with Crippen molar-refractivity contribution in [1.82, 2.24) is 14.1 Å². The van der Waals surface area contributed by atoms with Crippen LogP contribution < -0.4 is 0 Å². The molecule has 3 heterocycles. The van der Waals surface area contributed by atoms with Crippen LogP contribution in [0.2, 0.25) is 0 Å². The number of ether oxygens (including phenoxy) is 1. The van der Waals surface area contributed by atoms with Crippen LogP contribution in [0.1, 0.15) is 16.1 Å². The smallest absolute Gasteiger partial charge is 0.257 e. The summed E-state index contributed by atoms with van der Waals surface area (Å²) in [4.78, 5) is 16.4. The monoisotopic (exact) mass is 357 g/mol. The van der Waals surface area contributed by atoms with Gasteiger partial charge in [0.25, 0.3) is 5.91 Å². The number of carbonyl (C=O) groups is 1. The number of piperazine rings is 1. The molecule has 1 aromatic rings. The Balaban J connectivity index is 1.56. The van der Waals surface area contributed by atoms with E-state index >= 15 is 0 Å². The number of nitrogens with zero attached hydrogens (tertiary/aromatic N) is 3. The highest BCUT2D eigenvalue weighted by atomic mass is 32.2. The molecule has 2 saturated heterocycles. The van der Waals surface area contributed by atoms with E-state index in [0.29, 0.717) is 38.3 Å². The van der Waals surface area contributed by atoms with Gasteiger partial charge in [0.05, 0.1) is 31.6 Å². The molecule has 0 unspecified atom stereocenters. The van der Waals surface area contributed by atoms with Crippen LogP contribution in [0.5, 0.6) is 0 Å². The maximum atomic E-state index is 12.5. The molecule has 24 heavy (non-hydrogen) atoms. The Kier molecular flexibility index (Phi) is 5.24. The van der Waals surface area contributed by atoms with Crippen molar-refractivity contribution in [3.8, 4) is 0 Å². The van der Waals surface area contributed by atoms with Gasteiger partial charge in [0.2, 0.25) is 10.0 Å². The summed E-state index contributed by atoms with van der Waals surface area (Å²) < 4.78 is 35.3. The zero-order valence-electron chi connectivity index (χ0n) is 13.8. The van der Waals surface area contributed by atoms with Crippen molar-refractivity contribution in [2.45, 2.75) is 6.54 Å². The van der Waals surface area contributed by atoms with Crippen LogP contribution in [0.25, 0.3) is 0 Å². The van der Waals surface area contributed by atoms with Crippen LogP contribution in [0.4, 0.5) is 0 Å². The first-order valence-corrected chi connectivity index (χ1v) is 9.90. The van der Waals surface area contributed by atoms with Crippen molar-refractivity contribution in [3.63, 3.8) is 0 Å². The third-order valence-electron chi connectivity index (χ3n) is 4.38.